The Morgan fingerprint density at radius 2 is 1.90 bits per heavy atom. The Hall–Kier alpha value is -0.870. The summed E-state index contributed by atoms with van der Waals surface area (Å²) < 4.78 is 6.22. The summed E-state index contributed by atoms with van der Waals surface area (Å²) in [5.74, 6) is 0. The van der Waals surface area contributed by atoms with E-state index in [1.165, 1.54) is 11.1 Å². The maximum absolute atomic E-state index is 6.01. The summed E-state index contributed by atoms with van der Waals surface area (Å²) in [5.41, 5.74) is 3.60. The van der Waals surface area contributed by atoms with Crippen LogP contribution in [-0.2, 0) is 24.4 Å². The third-order valence-electron chi connectivity index (χ3n) is 2.95. The van der Waals surface area contributed by atoms with Crippen LogP contribution in [0, 0.1) is 0 Å². The van der Waals surface area contributed by atoms with E-state index in [1.54, 1.807) is 7.11 Å². The van der Waals surface area contributed by atoms with E-state index in [1.807, 2.05) is 18.2 Å². The van der Waals surface area contributed by atoms with Crippen LogP contribution in [-0.4, -0.2) is 7.11 Å². The molecular weight excluding hydrogens is 338 g/mol. The number of nitrogens with one attached hydrogen (secondary N) is 1. The molecule has 0 amide bonds. The number of hydrogen-bond acceptors (Lipinski definition) is 2. The van der Waals surface area contributed by atoms with Gasteiger partial charge in [0.05, 0.1) is 6.61 Å². The second-order valence-corrected chi connectivity index (χ2v) is 5.88. The van der Waals surface area contributed by atoms with Gasteiger partial charge in [0.15, 0.2) is 0 Å². The molecule has 0 heterocycles. The van der Waals surface area contributed by atoms with Gasteiger partial charge >= 0.3 is 0 Å². The monoisotopic (exact) mass is 353 g/mol. The fourth-order valence-electron chi connectivity index (χ4n) is 2.02. The van der Waals surface area contributed by atoms with Crippen LogP contribution in [0.5, 0.6) is 0 Å². The minimum absolute atomic E-state index is 0.647. The second kappa shape index (κ2) is 7.79. The summed E-state index contributed by atoms with van der Waals surface area (Å²) in [6.45, 7) is 2.24. The molecule has 0 saturated carbocycles. The highest BCUT2D eigenvalue weighted by Crippen LogP contribution is 2.21. The third kappa shape index (κ3) is 4.60. The largest absolute Gasteiger partial charge is 0.380 e. The molecule has 20 heavy (non-hydrogen) atoms. The molecule has 0 unspecified atom stereocenters. The Morgan fingerprint density at radius 3 is 2.70 bits per heavy atom. The average Bonchev–Trinajstić information content (AvgIpc) is 2.43. The van der Waals surface area contributed by atoms with Gasteiger partial charge in [-0.2, -0.15) is 0 Å². The van der Waals surface area contributed by atoms with Crippen LogP contribution in [0.15, 0.2) is 46.9 Å². The Morgan fingerprint density at radius 1 is 1.10 bits per heavy atom. The molecule has 0 fully saturated rings. The van der Waals surface area contributed by atoms with E-state index in [4.69, 9.17) is 16.3 Å². The van der Waals surface area contributed by atoms with Crippen molar-refractivity contribution >= 4 is 27.5 Å². The zero-order valence-corrected chi connectivity index (χ0v) is 13.7. The molecular formula is C16H17BrClNO. The van der Waals surface area contributed by atoms with Gasteiger partial charge in [0, 0.05) is 29.7 Å². The first-order valence-electron chi connectivity index (χ1n) is 6.40. The van der Waals surface area contributed by atoms with Gasteiger partial charge in [-0.25, -0.2) is 0 Å². The van der Waals surface area contributed by atoms with Crippen LogP contribution in [0.2, 0.25) is 5.02 Å². The SMILES string of the molecule is COCc1cccc(CNCc2cc(Cl)ccc2Br)c1. The summed E-state index contributed by atoms with van der Waals surface area (Å²) >= 11 is 9.54. The fourth-order valence-corrected chi connectivity index (χ4v) is 2.60. The lowest BCUT2D eigenvalue weighted by Crippen LogP contribution is -2.13. The molecule has 0 aliphatic carbocycles. The van der Waals surface area contributed by atoms with Gasteiger partial charge < -0.3 is 10.1 Å². The fraction of sp³-hybridized carbons (Fsp3) is 0.250. The van der Waals surface area contributed by atoms with Crippen molar-refractivity contribution in [2.45, 2.75) is 19.7 Å². The predicted molar refractivity (Wildman–Crippen MR) is 86.9 cm³/mol. The molecule has 2 aromatic carbocycles. The highest BCUT2D eigenvalue weighted by molar-refractivity contribution is 9.10. The van der Waals surface area contributed by atoms with E-state index in [0.29, 0.717) is 6.61 Å². The molecule has 0 radical (unpaired) electrons. The predicted octanol–water partition coefficient (Wildman–Crippen LogP) is 4.54. The van der Waals surface area contributed by atoms with Gasteiger partial charge in [0.2, 0.25) is 0 Å². The van der Waals surface area contributed by atoms with Gasteiger partial charge in [-0.3, -0.25) is 0 Å². The molecule has 0 saturated heterocycles. The van der Waals surface area contributed by atoms with Crippen LogP contribution in [0.3, 0.4) is 0 Å². The number of methoxy groups -OCH3 is 1. The number of hydrogen-bond donors (Lipinski definition) is 1. The zero-order valence-electron chi connectivity index (χ0n) is 11.3. The van der Waals surface area contributed by atoms with Gasteiger partial charge in [0.1, 0.15) is 0 Å². The van der Waals surface area contributed by atoms with Crippen LogP contribution in [0.4, 0.5) is 0 Å². The highest BCUT2D eigenvalue weighted by Gasteiger charge is 2.01. The second-order valence-electron chi connectivity index (χ2n) is 4.59. The molecule has 2 rings (SSSR count). The highest BCUT2D eigenvalue weighted by atomic mass is 79.9. The van der Waals surface area contributed by atoms with Crippen molar-refractivity contribution in [2.75, 3.05) is 7.11 Å². The molecule has 2 nitrogen and oxygen atoms in total. The van der Waals surface area contributed by atoms with Crippen molar-refractivity contribution in [3.05, 3.63) is 68.7 Å². The Labute approximate surface area is 133 Å². The topological polar surface area (TPSA) is 21.3 Å². The number of ether oxygens (including phenoxy) is 1. The number of halogens is 2. The molecule has 0 aliphatic heterocycles. The van der Waals surface area contributed by atoms with Crippen molar-refractivity contribution in [3.63, 3.8) is 0 Å². The normalized spacial score (nSPS) is 10.8. The van der Waals surface area contributed by atoms with Crippen molar-refractivity contribution in [3.8, 4) is 0 Å². The van der Waals surface area contributed by atoms with E-state index in [-0.39, 0.29) is 0 Å². The van der Waals surface area contributed by atoms with E-state index in [2.05, 4.69) is 45.5 Å². The smallest absolute Gasteiger partial charge is 0.0713 e. The molecule has 106 valence electrons. The van der Waals surface area contributed by atoms with Crippen LogP contribution >= 0.6 is 27.5 Å². The zero-order chi connectivity index (χ0) is 14.4. The van der Waals surface area contributed by atoms with Crippen molar-refractivity contribution in [2.24, 2.45) is 0 Å². The Balaban J connectivity index is 1.92. The number of benzene rings is 2. The quantitative estimate of drug-likeness (QED) is 0.822. The standard InChI is InChI=1S/C16H17BrClNO/c1-20-11-13-4-2-3-12(7-13)9-19-10-14-8-15(18)5-6-16(14)17/h2-8,19H,9-11H2,1H3. The van der Waals surface area contributed by atoms with Crippen LogP contribution in [0.25, 0.3) is 0 Å². The van der Waals surface area contributed by atoms with Gasteiger partial charge in [0.25, 0.3) is 0 Å². The first-order chi connectivity index (χ1) is 9.69. The van der Waals surface area contributed by atoms with Gasteiger partial charge in [-0.1, -0.05) is 51.8 Å². The molecule has 0 aromatic heterocycles. The molecule has 1 N–H and O–H groups in total. The molecule has 4 heteroatoms. The maximum Gasteiger partial charge on any atom is 0.0713 e. The third-order valence-corrected chi connectivity index (χ3v) is 3.96. The summed E-state index contributed by atoms with van der Waals surface area (Å²) in [4.78, 5) is 0. The molecule has 2 aromatic rings. The lowest BCUT2D eigenvalue weighted by atomic mass is 10.1. The lowest BCUT2D eigenvalue weighted by Gasteiger charge is -2.09. The van der Waals surface area contributed by atoms with E-state index in [0.717, 1.165) is 28.1 Å². The van der Waals surface area contributed by atoms with E-state index >= 15 is 0 Å². The molecule has 0 atom stereocenters. The van der Waals surface area contributed by atoms with Crippen molar-refractivity contribution < 1.29 is 4.74 Å². The Kier molecular flexibility index (Phi) is 6.05. The Bertz CT molecular complexity index is 574. The number of rotatable bonds is 6. The maximum atomic E-state index is 6.01. The summed E-state index contributed by atoms with van der Waals surface area (Å²) in [5, 5.41) is 4.18. The minimum atomic E-state index is 0.647. The molecule has 0 spiro atoms. The summed E-state index contributed by atoms with van der Waals surface area (Å²) in [7, 11) is 1.71. The van der Waals surface area contributed by atoms with Gasteiger partial charge in [-0.05, 0) is 34.9 Å². The first-order valence-corrected chi connectivity index (χ1v) is 7.57. The minimum Gasteiger partial charge on any atom is -0.380 e. The van der Waals surface area contributed by atoms with Crippen LogP contribution < -0.4 is 5.32 Å². The average molecular weight is 355 g/mol. The van der Waals surface area contributed by atoms with Crippen LogP contribution in [0.1, 0.15) is 16.7 Å². The summed E-state index contributed by atoms with van der Waals surface area (Å²) in [6.07, 6.45) is 0. The summed E-state index contributed by atoms with van der Waals surface area (Å²) in [6, 6.07) is 14.2. The first kappa shape index (κ1) is 15.5. The van der Waals surface area contributed by atoms with Crippen molar-refractivity contribution in [1.29, 1.82) is 0 Å². The van der Waals surface area contributed by atoms with E-state index in [9.17, 15) is 0 Å². The lowest BCUT2D eigenvalue weighted by molar-refractivity contribution is 0.185. The van der Waals surface area contributed by atoms with E-state index < -0.39 is 0 Å². The molecule has 0 aliphatic rings. The van der Waals surface area contributed by atoms with Gasteiger partial charge in [-0.15, -0.1) is 0 Å². The van der Waals surface area contributed by atoms with Crippen molar-refractivity contribution in [1.82, 2.24) is 5.32 Å². The molecule has 0 bridgehead atoms.